The quantitative estimate of drug-likeness (QED) is 0.628. The van der Waals surface area contributed by atoms with Crippen molar-refractivity contribution in [2.45, 2.75) is 27.7 Å². The van der Waals surface area contributed by atoms with E-state index in [4.69, 9.17) is 0 Å². The summed E-state index contributed by atoms with van der Waals surface area (Å²) in [7, 11) is 0. The minimum absolute atomic E-state index is 1.17. The van der Waals surface area contributed by atoms with E-state index >= 15 is 0 Å². The number of aromatic nitrogens is 1. The maximum atomic E-state index is 3.40. The summed E-state index contributed by atoms with van der Waals surface area (Å²) in [6.07, 6.45) is 2.10. The number of aryl methyl sites for hydroxylation is 4. The van der Waals surface area contributed by atoms with E-state index in [9.17, 15) is 0 Å². The molecule has 0 radical (unpaired) electrons. The van der Waals surface area contributed by atoms with E-state index in [2.05, 4.69) is 81.3 Å². The van der Waals surface area contributed by atoms with E-state index in [0.29, 0.717) is 0 Å². The van der Waals surface area contributed by atoms with E-state index < -0.39 is 0 Å². The molecule has 0 aliphatic carbocycles. The van der Waals surface area contributed by atoms with Gasteiger partial charge in [0.2, 0.25) is 0 Å². The highest BCUT2D eigenvalue weighted by Crippen LogP contribution is 2.30. The predicted molar refractivity (Wildman–Crippen MR) is 90.6 cm³/mol. The Labute approximate surface area is 126 Å². The second-order valence-corrected chi connectivity index (χ2v) is 5.92. The minimum Gasteiger partial charge on any atom is -0.361 e. The average molecular weight is 275 g/mol. The van der Waals surface area contributed by atoms with Gasteiger partial charge in [-0.05, 0) is 61.6 Å². The Bertz CT molecular complexity index is 776. The van der Waals surface area contributed by atoms with Gasteiger partial charge in [-0.15, -0.1) is 0 Å². The van der Waals surface area contributed by atoms with Crippen LogP contribution in [-0.4, -0.2) is 4.98 Å². The standard InChI is InChI=1S/C20H21N/c1-13-5-7-17(8-6-13)20-11-18(12-21-20)19-10-15(3)14(2)9-16(19)4/h5-12,21H,1-4H3. The van der Waals surface area contributed by atoms with Crippen LogP contribution in [0.1, 0.15) is 22.3 Å². The van der Waals surface area contributed by atoms with Gasteiger partial charge in [-0.1, -0.05) is 42.0 Å². The molecule has 0 aliphatic heterocycles. The van der Waals surface area contributed by atoms with Gasteiger partial charge in [0.05, 0.1) is 0 Å². The summed E-state index contributed by atoms with van der Waals surface area (Å²) in [6, 6.07) is 15.4. The fourth-order valence-electron chi connectivity index (χ4n) is 2.72. The van der Waals surface area contributed by atoms with Crippen molar-refractivity contribution in [3.05, 3.63) is 70.9 Å². The third-order valence-electron chi connectivity index (χ3n) is 4.20. The van der Waals surface area contributed by atoms with Gasteiger partial charge in [0.15, 0.2) is 0 Å². The zero-order valence-corrected chi connectivity index (χ0v) is 13.1. The molecule has 0 unspecified atom stereocenters. The van der Waals surface area contributed by atoms with Crippen LogP contribution in [0.4, 0.5) is 0 Å². The van der Waals surface area contributed by atoms with Crippen molar-refractivity contribution < 1.29 is 0 Å². The van der Waals surface area contributed by atoms with Crippen LogP contribution in [0, 0.1) is 27.7 Å². The lowest BCUT2D eigenvalue weighted by atomic mass is 9.97. The number of nitrogens with one attached hydrogen (secondary N) is 1. The summed E-state index contributed by atoms with van der Waals surface area (Å²) in [5.41, 5.74) is 10.3. The maximum absolute atomic E-state index is 3.40. The normalized spacial score (nSPS) is 10.9. The largest absolute Gasteiger partial charge is 0.361 e. The van der Waals surface area contributed by atoms with Gasteiger partial charge in [0.1, 0.15) is 0 Å². The summed E-state index contributed by atoms with van der Waals surface area (Å²) in [6.45, 7) is 8.63. The van der Waals surface area contributed by atoms with Crippen molar-refractivity contribution in [1.82, 2.24) is 4.98 Å². The first-order valence-electron chi connectivity index (χ1n) is 7.38. The van der Waals surface area contributed by atoms with Gasteiger partial charge in [-0.25, -0.2) is 0 Å². The van der Waals surface area contributed by atoms with Crippen molar-refractivity contribution in [2.24, 2.45) is 0 Å². The Hall–Kier alpha value is -2.28. The molecule has 2 aromatic carbocycles. The molecule has 21 heavy (non-hydrogen) atoms. The van der Waals surface area contributed by atoms with Crippen LogP contribution in [0.15, 0.2) is 48.7 Å². The van der Waals surface area contributed by atoms with Crippen molar-refractivity contribution in [1.29, 1.82) is 0 Å². The zero-order valence-electron chi connectivity index (χ0n) is 13.1. The molecule has 0 saturated heterocycles. The highest BCUT2D eigenvalue weighted by atomic mass is 14.7. The Kier molecular flexibility index (Phi) is 3.42. The average Bonchev–Trinajstić information content (AvgIpc) is 2.93. The van der Waals surface area contributed by atoms with Crippen LogP contribution in [0.3, 0.4) is 0 Å². The first-order valence-corrected chi connectivity index (χ1v) is 7.38. The maximum Gasteiger partial charge on any atom is 0.0460 e. The van der Waals surface area contributed by atoms with Gasteiger partial charge < -0.3 is 4.98 Å². The monoisotopic (exact) mass is 275 g/mol. The van der Waals surface area contributed by atoms with Crippen LogP contribution in [-0.2, 0) is 0 Å². The molecular formula is C20H21N. The van der Waals surface area contributed by atoms with E-state index in [1.54, 1.807) is 0 Å². The molecule has 0 saturated carbocycles. The Morgan fingerprint density at radius 3 is 2.05 bits per heavy atom. The van der Waals surface area contributed by atoms with Crippen LogP contribution in [0.2, 0.25) is 0 Å². The topological polar surface area (TPSA) is 15.8 Å². The lowest BCUT2D eigenvalue weighted by Crippen LogP contribution is -1.87. The molecule has 1 heterocycles. The lowest BCUT2D eigenvalue weighted by molar-refractivity contribution is 1.30. The van der Waals surface area contributed by atoms with Crippen molar-refractivity contribution >= 4 is 0 Å². The number of hydrogen-bond donors (Lipinski definition) is 1. The molecule has 3 rings (SSSR count). The summed E-state index contributed by atoms with van der Waals surface area (Å²) in [4.78, 5) is 3.40. The summed E-state index contributed by atoms with van der Waals surface area (Å²) in [5.74, 6) is 0. The van der Waals surface area contributed by atoms with Crippen molar-refractivity contribution in [2.75, 3.05) is 0 Å². The van der Waals surface area contributed by atoms with E-state index in [0.717, 1.165) is 0 Å². The van der Waals surface area contributed by atoms with Gasteiger partial charge in [-0.3, -0.25) is 0 Å². The first kappa shape index (κ1) is 13.7. The van der Waals surface area contributed by atoms with Gasteiger partial charge >= 0.3 is 0 Å². The molecule has 1 aromatic heterocycles. The number of benzene rings is 2. The second kappa shape index (κ2) is 5.25. The molecule has 3 aromatic rings. The molecule has 1 heteroatoms. The lowest BCUT2D eigenvalue weighted by Gasteiger charge is -2.08. The number of rotatable bonds is 2. The molecule has 106 valence electrons. The zero-order chi connectivity index (χ0) is 15.0. The Balaban J connectivity index is 2.02. The van der Waals surface area contributed by atoms with Crippen molar-refractivity contribution in [3.63, 3.8) is 0 Å². The van der Waals surface area contributed by atoms with Crippen LogP contribution >= 0.6 is 0 Å². The van der Waals surface area contributed by atoms with Crippen LogP contribution in [0.5, 0.6) is 0 Å². The molecule has 0 fully saturated rings. The third kappa shape index (κ3) is 2.64. The molecule has 1 N–H and O–H groups in total. The summed E-state index contributed by atoms with van der Waals surface area (Å²) in [5, 5.41) is 0. The first-order chi connectivity index (χ1) is 10.0. The van der Waals surface area contributed by atoms with E-state index in [1.165, 1.54) is 44.6 Å². The van der Waals surface area contributed by atoms with Gasteiger partial charge in [0.25, 0.3) is 0 Å². The fourth-order valence-corrected chi connectivity index (χ4v) is 2.72. The third-order valence-corrected chi connectivity index (χ3v) is 4.20. The van der Waals surface area contributed by atoms with E-state index in [-0.39, 0.29) is 0 Å². The van der Waals surface area contributed by atoms with Crippen molar-refractivity contribution in [3.8, 4) is 22.4 Å². The fraction of sp³-hybridized carbons (Fsp3) is 0.200. The SMILES string of the molecule is Cc1ccc(-c2cc(-c3cc(C)c(C)cc3C)c[nH]2)cc1. The molecule has 0 aliphatic rings. The minimum atomic E-state index is 1.17. The Morgan fingerprint density at radius 1 is 0.667 bits per heavy atom. The number of aromatic amines is 1. The van der Waals surface area contributed by atoms with Gasteiger partial charge in [0, 0.05) is 17.5 Å². The van der Waals surface area contributed by atoms with E-state index in [1.807, 2.05) is 0 Å². The number of hydrogen-bond acceptors (Lipinski definition) is 0. The molecule has 1 nitrogen and oxygen atoms in total. The molecule has 0 spiro atoms. The summed E-state index contributed by atoms with van der Waals surface area (Å²) < 4.78 is 0. The molecule has 0 amide bonds. The smallest absolute Gasteiger partial charge is 0.0460 e. The predicted octanol–water partition coefficient (Wildman–Crippen LogP) is 5.58. The van der Waals surface area contributed by atoms with Crippen LogP contribution < -0.4 is 0 Å². The Morgan fingerprint density at radius 2 is 1.33 bits per heavy atom. The molecule has 0 bridgehead atoms. The second-order valence-electron chi connectivity index (χ2n) is 5.92. The van der Waals surface area contributed by atoms with Gasteiger partial charge in [-0.2, -0.15) is 0 Å². The van der Waals surface area contributed by atoms with Crippen LogP contribution in [0.25, 0.3) is 22.4 Å². The molecular weight excluding hydrogens is 254 g/mol. The highest BCUT2D eigenvalue weighted by Gasteiger charge is 2.08. The summed E-state index contributed by atoms with van der Waals surface area (Å²) >= 11 is 0. The number of H-pyrrole nitrogens is 1. The molecule has 0 atom stereocenters. The highest BCUT2D eigenvalue weighted by molar-refractivity contribution is 5.74.